The van der Waals surface area contributed by atoms with Crippen LogP contribution < -0.4 is 10.6 Å². The second kappa shape index (κ2) is 10.4. The Kier molecular flexibility index (Phi) is 7.02. The van der Waals surface area contributed by atoms with Gasteiger partial charge in [0.2, 0.25) is 5.91 Å². The predicted octanol–water partition coefficient (Wildman–Crippen LogP) is 3.33. The van der Waals surface area contributed by atoms with Crippen molar-refractivity contribution >= 4 is 23.3 Å². The number of fused-ring (bicyclic) bond motifs is 1. The number of aryl methyl sites for hydroxylation is 4. The van der Waals surface area contributed by atoms with Gasteiger partial charge in [-0.2, -0.15) is 5.10 Å². The van der Waals surface area contributed by atoms with Gasteiger partial charge in [-0.3, -0.25) is 19.2 Å². The van der Waals surface area contributed by atoms with Crippen molar-refractivity contribution in [3.63, 3.8) is 0 Å². The molecule has 2 N–H and O–H groups in total. The molecule has 37 heavy (non-hydrogen) atoms. The largest absolute Gasteiger partial charge is 0.382 e. The lowest BCUT2D eigenvalue weighted by molar-refractivity contribution is -0.133. The zero-order valence-corrected chi connectivity index (χ0v) is 22.0. The number of nitrogens with zero attached hydrogens (tertiary/aromatic N) is 5. The van der Waals surface area contributed by atoms with Crippen molar-refractivity contribution in [1.29, 1.82) is 0 Å². The van der Waals surface area contributed by atoms with Crippen molar-refractivity contribution < 1.29 is 9.59 Å². The van der Waals surface area contributed by atoms with E-state index in [-0.39, 0.29) is 11.8 Å². The number of carbonyl (C=O) groups is 2. The van der Waals surface area contributed by atoms with Crippen LogP contribution in [-0.4, -0.2) is 64.1 Å². The number of piperazine rings is 1. The van der Waals surface area contributed by atoms with Crippen LogP contribution in [0.3, 0.4) is 0 Å². The maximum Gasteiger partial charge on any atom is 0.276 e. The minimum atomic E-state index is -0.112. The van der Waals surface area contributed by atoms with Gasteiger partial charge < -0.3 is 15.5 Å². The number of para-hydroxylation sites is 1. The highest BCUT2D eigenvalue weighted by Crippen LogP contribution is 2.28. The Hall–Kier alpha value is -3.65. The average Bonchev–Trinajstić information content (AvgIpc) is 3.22. The molecule has 2 aliphatic rings. The summed E-state index contributed by atoms with van der Waals surface area (Å²) in [6, 6.07) is 14.1. The smallest absolute Gasteiger partial charge is 0.276 e. The molecule has 194 valence electrons. The molecule has 0 bridgehead atoms. The van der Waals surface area contributed by atoms with Crippen LogP contribution in [0.4, 0.5) is 11.5 Å². The second-order valence-corrected chi connectivity index (χ2v) is 10.3. The van der Waals surface area contributed by atoms with E-state index in [0.717, 1.165) is 30.9 Å². The number of nitrogens with two attached hydrogens (primary N) is 1. The van der Waals surface area contributed by atoms with Crippen LogP contribution in [0.5, 0.6) is 0 Å². The molecule has 0 radical (unpaired) electrons. The first-order valence-electron chi connectivity index (χ1n) is 13.1. The maximum atomic E-state index is 13.4. The third kappa shape index (κ3) is 5.11. The van der Waals surface area contributed by atoms with E-state index in [2.05, 4.69) is 42.9 Å². The number of anilines is 2. The number of hydrogen-bond acceptors (Lipinski definition) is 5. The van der Waals surface area contributed by atoms with Crippen molar-refractivity contribution in [2.45, 2.75) is 46.7 Å². The number of amides is 2. The quantitative estimate of drug-likeness (QED) is 0.561. The molecule has 3 aromatic rings. The molecule has 0 saturated carbocycles. The molecular weight excluding hydrogens is 464 g/mol. The number of benzene rings is 2. The number of aromatic nitrogens is 2. The van der Waals surface area contributed by atoms with Gasteiger partial charge in [-0.1, -0.05) is 35.9 Å². The SMILES string of the molecule is Cc1cc(C)c(CN2CCN(C(=O)CCn3nc(N)c4c3C(=O)N(c3ccccc3)CC4)CC2)c(C)c1. The third-order valence-corrected chi connectivity index (χ3v) is 7.67. The molecule has 1 saturated heterocycles. The monoisotopic (exact) mass is 500 g/mol. The maximum absolute atomic E-state index is 13.4. The summed E-state index contributed by atoms with van der Waals surface area (Å²) in [7, 11) is 0. The number of nitrogen functional groups attached to an aromatic ring is 1. The summed E-state index contributed by atoms with van der Waals surface area (Å²) < 4.78 is 1.64. The van der Waals surface area contributed by atoms with Gasteiger partial charge in [-0.15, -0.1) is 0 Å². The molecule has 1 fully saturated rings. The molecule has 1 aromatic heterocycles. The van der Waals surface area contributed by atoms with E-state index in [1.165, 1.54) is 22.3 Å². The Labute approximate surface area is 218 Å². The van der Waals surface area contributed by atoms with Crippen molar-refractivity contribution in [2.75, 3.05) is 43.4 Å². The van der Waals surface area contributed by atoms with E-state index < -0.39 is 0 Å². The second-order valence-electron chi connectivity index (χ2n) is 10.3. The molecule has 3 heterocycles. The molecule has 8 heteroatoms. The lowest BCUT2D eigenvalue weighted by Crippen LogP contribution is -2.48. The summed E-state index contributed by atoms with van der Waals surface area (Å²) >= 11 is 0. The number of hydrogen-bond donors (Lipinski definition) is 1. The highest BCUT2D eigenvalue weighted by Gasteiger charge is 2.32. The van der Waals surface area contributed by atoms with Gasteiger partial charge in [0.05, 0.1) is 6.54 Å². The van der Waals surface area contributed by atoms with E-state index in [9.17, 15) is 9.59 Å². The first-order chi connectivity index (χ1) is 17.8. The molecule has 8 nitrogen and oxygen atoms in total. The van der Waals surface area contributed by atoms with Gasteiger partial charge in [-0.05, 0) is 56.0 Å². The van der Waals surface area contributed by atoms with Gasteiger partial charge in [-0.25, -0.2) is 0 Å². The minimum Gasteiger partial charge on any atom is -0.382 e. The van der Waals surface area contributed by atoms with Gasteiger partial charge in [0.25, 0.3) is 5.91 Å². The van der Waals surface area contributed by atoms with Crippen LogP contribution in [0.2, 0.25) is 0 Å². The Morgan fingerprint density at radius 1 is 0.973 bits per heavy atom. The third-order valence-electron chi connectivity index (χ3n) is 7.67. The molecule has 0 aliphatic carbocycles. The predicted molar refractivity (Wildman–Crippen MR) is 146 cm³/mol. The zero-order chi connectivity index (χ0) is 26.1. The first kappa shape index (κ1) is 25.0. The summed E-state index contributed by atoms with van der Waals surface area (Å²) in [5.74, 6) is 0.367. The fraction of sp³-hybridized carbons (Fsp3) is 0.414. The fourth-order valence-electron chi connectivity index (χ4n) is 5.67. The Balaban J connectivity index is 1.19. The summed E-state index contributed by atoms with van der Waals surface area (Å²) in [5.41, 5.74) is 13.7. The topological polar surface area (TPSA) is 87.7 Å². The Morgan fingerprint density at radius 3 is 2.32 bits per heavy atom. The Morgan fingerprint density at radius 2 is 1.65 bits per heavy atom. The molecular formula is C29H36N6O2. The van der Waals surface area contributed by atoms with Crippen LogP contribution in [0.25, 0.3) is 0 Å². The summed E-state index contributed by atoms with van der Waals surface area (Å²) in [6.45, 7) is 11.5. The molecule has 2 aromatic carbocycles. The van der Waals surface area contributed by atoms with Crippen molar-refractivity contribution in [3.05, 3.63) is 76.0 Å². The highest BCUT2D eigenvalue weighted by molar-refractivity contribution is 6.07. The van der Waals surface area contributed by atoms with Crippen LogP contribution in [0.1, 0.15) is 44.7 Å². The lowest BCUT2D eigenvalue weighted by atomic mass is 9.99. The molecule has 5 rings (SSSR count). The normalized spacial score (nSPS) is 16.2. The van der Waals surface area contributed by atoms with Gasteiger partial charge in [0.15, 0.2) is 0 Å². The number of carbonyl (C=O) groups excluding carboxylic acids is 2. The van der Waals surface area contributed by atoms with E-state index in [1.54, 1.807) is 9.58 Å². The standard InChI is InChI=1S/C29H36N6O2/c1-20-17-21(2)25(22(3)18-20)19-32-13-15-33(16-14-32)26(36)10-12-35-27-24(28(30)31-35)9-11-34(29(27)37)23-7-5-4-6-8-23/h4-8,17-18H,9-16,19H2,1-3H3,(H2,30,31). The molecule has 2 amide bonds. The van der Waals surface area contributed by atoms with Crippen molar-refractivity contribution in [3.8, 4) is 0 Å². The fourth-order valence-corrected chi connectivity index (χ4v) is 5.67. The van der Waals surface area contributed by atoms with Crippen LogP contribution in [-0.2, 0) is 24.3 Å². The van der Waals surface area contributed by atoms with E-state index in [4.69, 9.17) is 5.73 Å². The molecule has 2 aliphatic heterocycles. The highest BCUT2D eigenvalue weighted by atomic mass is 16.2. The van der Waals surface area contributed by atoms with Crippen LogP contribution >= 0.6 is 0 Å². The van der Waals surface area contributed by atoms with E-state index >= 15 is 0 Å². The molecule has 0 spiro atoms. The van der Waals surface area contributed by atoms with Crippen molar-refractivity contribution in [2.24, 2.45) is 0 Å². The van der Waals surface area contributed by atoms with Gasteiger partial charge >= 0.3 is 0 Å². The summed E-state index contributed by atoms with van der Waals surface area (Å²) in [5, 5.41) is 4.44. The lowest BCUT2D eigenvalue weighted by Gasteiger charge is -2.35. The zero-order valence-electron chi connectivity index (χ0n) is 22.0. The van der Waals surface area contributed by atoms with E-state index in [1.807, 2.05) is 35.2 Å². The average molecular weight is 501 g/mol. The molecule has 0 unspecified atom stereocenters. The van der Waals surface area contributed by atoms with Crippen molar-refractivity contribution in [1.82, 2.24) is 19.6 Å². The minimum absolute atomic E-state index is 0.0911. The molecule has 0 atom stereocenters. The van der Waals surface area contributed by atoms with Gasteiger partial charge in [0, 0.05) is 56.9 Å². The summed E-state index contributed by atoms with van der Waals surface area (Å²) in [4.78, 5) is 32.5. The van der Waals surface area contributed by atoms with Crippen LogP contribution in [0.15, 0.2) is 42.5 Å². The number of rotatable bonds is 6. The Bertz CT molecular complexity index is 1280. The van der Waals surface area contributed by atoms with Gasteiger partial charge in [0.1, 0.15) is 11.5 Å². The summed E-state index contributed by atoms with van der Waals surface area (Å²) in [6.07, 6.45) is 0.944. The first-order valence-corrected chi connectivity index (χ1v) is 13.1. The van der Waals surface area contributed by atoms with Crippen LogP contribution in [0, 0.1) is 20.8 Å². The van der Waals surface area contributed by atoms with E-state index in [0.29, 0.717) is 50.5 Å².